The fraction of sp³-hybridized carbons (Fsp3) is 0.611. The number of halogens is 1. The van der Waals surface area contributed by atoms with Crippen LogP contribution in [0.25, 0.3) is 0 Å². The smallest absolute Gasteiger partial charge is 0.236 e. The van der Waals surface area contributed by atoms with Gasteiger partial charge in [0.2, 0.25) is 5.91 Å². The molecule has 2 N–H and O–H groups in total. The van der Waals surface area contributed by atoms with Crippen LogP contribution in [0.4, 0.5) is 10.1 Å². The summed E-state index contributed by atoms with van der Waals surface area (Å²) in [5.74, 6) is -0.0279. The molecule has 3 rings (SSSR count). The highest BCUT2D eigenvalue weighted by atomic mass is 19.1. The highest BCUT2D eigenvalue weighted by Gasteiger charge is 2.34. The van der Waals surface area contributed by atoms with Crippen molar-refractivity contribution in [1.82, 2.24) is 9.80 Å². The van der Waals surface area contributed by atoms with Crippen molar-refractivity contribution >= 4 is 11.6 Å². The molecule has 2 heterocycles. The minimum absolute atomic E-state index is 0.143. The first-order valence-corrected chi connectivity index (χ1v) is 8.70. The average Bonchev–Trinajstić information content (AvgIpc) is 2.97. The maximum Gasteiger partial charge on any atom is 0.236 e. The van der Waals surface area contributed by atoms with Crippen molar-refractivity contribution in [3.63, 3.8) is 0 Å². The quantitative estimate of drug-likeness (QED) is 0.897. The Kier molecular flexibility index (Phi) is 5.06. The van der Waals surface area contributed by atoms with Crippen molar-refractivity contribution in [3.05, 3.63) is 30.1 Å². The number of hydrogen-bond donors (Lipinski definition) is 1. The molecule has 2 aliphatic heterocycles. The number of anilines is 1. The van der Waals surface area contributed by atoms with Gasteiger partial charge in [-0.1, -0.05) is 19.1 Å². The van der Waals surface area contributed by atoms with E-state index >= 15 is 0 Å². The average molecular weight is 334 g/mol. The maximum absolute atomic E-state index is 13.9. The zero-order chi connectivity index (χ0) is 17.2. The highest BCUT2D eigenvalue weighted by molar-refractivity contribution is 5.78. The Bertz CT molecular complexity index is 588. The van der Waals surface area contributed by atoms with Crippen LogP contribution in [0, 0.1) is 11.2 Å². The van der Waals surface area contributed by atoms with Crippen molar-refractivity contribution in [2.45, 2.75) is 13.3 Å². The Morgan fingerprint density at radius 2 is 1.92 bits per heavy atom. The molecule has 0 radical (unpaired) electrons. The summed E-state index contributed by atoms with van der Waals surface area (Å²) in [4.78, 5) is 18.6. The molecule has 1 aromatic carbocycles. The molecule has 24 heavy (non-hydrogen) atoms. The number of carbonyl (C=O) groups excluding carboxylic acids is 1. The Labute approximate surface area is 143 Å². The molecule has 2 saturated heterocycles. The number of nitrogens with zero attached hydrogens (tertiary/aromatic N) is 3. The normalized spacial score (nSPS) is 25.3. The van der Waals surface area contributed by atoms with Crippen molar-refractivity contribution < 1.29 is 9.18 Å². The molecule has 6 heteroatoms. The molecule has 132 valence electrons. The van der Waals surface area contributed by atoms with E-state index in [4.69, 9.17) is 5.73 Å². The van der Waals surface area contributed by atoms with E-state index in [1.54, 1.807) is 12.1 Å². The van der Waals surface area contributed by atoms with Crippen LogP contribution in [-0.4, -0.2) is 68.1 Å². The van der Waals surface area contributed by atoms with Crippen molar-refractivity contribution in [2.75, 3.05) is 57.3 Å². The van der Waals surface area contributed by atoms with Gasteiger partial charge in [-0.15, -0.1) is 0 Å². The van der Waals surface area contributed by atoms with Crippen LogP contribution in [0.15, 0.2) is 24.3 Å². The van der Waals surface area contributed by atoms with E-state index in [9.17, 15) is 9.18 Å². The number of para-hydroxylation sites is 1. The third-order valence-corrected chi connectivity index (χ3v) is 5.31. The van der Waals surface area contributed by atoms with Crippen LogP contribution < -0.4 is 10.6 Å². The number of hydrogen-bond acceptors (Lipinski definition) is 4. The lowest BCUT2D eigenvalue weighted by atomic mass is 9.90. The van der Waals surface area contributed by atoms with Gasteiger partial charge in [-0.3, -0.25) is 9.69 Å². The first-order valence-electron chi connectivity index (χ1n) is 8.70. The molecule has 2 fully saturated rings. The highest BCUT2D eigenvalue weighted by Crippen LogP contribution is 2.28. The van der Waals surface area contributed by atoms with Crippen LogP contribution in [0.3, 0.4) is 0 Å². The summed E-state index contributed by atoms with van der Waals surface area (Å²) in [5.41, 5.74) is 6.60. The minimum atomic E-state index is -0.199. The zero-order valence-corrected chi connectivity index (χ0v) is 14.4. The summed E-state index contributed by atoms with van der Waals surface area (Å²) in [6.07, 6.45) is 1.05. The van der Waals surface area contributed by atoms with E-state index in [1.165, 1.54) is 6.07 Å². The van der Waals surface area contributed by atoms with Gasteiger partial charge in [0.25, 0.3) is 0 Å². The van der Waals surface area contributed by atoms with Crippen molar-refractivity contribution in [1.29, 1.82) is 0 Å². The second kappa shape index (κ2) is 7.07. The topological polar surface area (TPSA) is 52.8 Å². The zero-order valence-electron chi connectivity index (χ0n) is 14.4. The van der Waals surface area contributed by atoms with Crippen molar-refractivity contribution in [3.8, 4) is 0 Å². The SMILES string of the molecule is CC1(CN)CCN(CC(=O)N2CCN(c3ccccc3F)CC2)C1. The summed E-state index contributed by atoms with van der Waals surface area (Å²) in [5, 5.41) is 0. The predicted molar refractivity (Wildman–Crippen MR) is 93.4 cm³/mol. The Balaban J connectivity index is 1.50. The number of likely N-dealkylation sites (tertiary alicyclic amines) is 1. The van der Waals surface area contributed by atoms with Gasteiger partial charge < -0.3 is 15.5 Å². The molecule has 0 spiro atoms. The van der Waals surface area contributed by atoms with E-state index in [1.807, 2.05) is 15.9 Å². The molecule has 5 nitrogen and oxygen atoms in total. The molecule has 0 saturated carbocycles. The summed E-state index contributed by atoms with van der Waals surface area (Å²) in [6.45, 7) is 7.79. The summed E-state index contributed by atoms with van der Waals surface area (Å²) in [7, 11) is 0. The number of carbonyl (C=O) groups is 1. The lowest BCUT2D eigenvalue weighted by Gasteiger charge is -2.37. The number of benzene rings is 1. The van der Waals surface area contributed by atoms with Crippen LogP contribution in [0.5, 0.6) is 0 Å². The Hall–Kier alpha value is -1.66. The molecule has 2 aliphatic rings. The van der Waals surface area contributed by atoms with E-state index in [2.05, 4.69) is 11.8 Å². The lowest BCUT2D eigenvalue weighted by molar-refractivity contribution is -0.132. The third-order valence-electron chi connectivity index (χ3n) is 5.31. The molecule has 0 aliphatic carbocycles. The second-order valence-corrected chi connectivity index (χ2v) is 7.29. The van der Waals surface area contributed by atoms with Crippen molar-refractivity contribution in [2.24, 2.45) is 11.1 Å². The molecule has 1 unspecified atom stereocenters. The fourth-order valence-electron chi connectivity index (χ4n) is 3.62. The van der Waals surface area contributed by atoms with Crippen LogP contribution in [0.1, 0.15) is 13.3 Å². The van der Waals surface area contributed by atoms with Crippen LogP contribution in [0.2, 0.25) is 0 Å². The van der Waals surface area contributed by atoms with Gasteiger partial charge in [-0.05, 0) is 37.1 Å². The summed E-state index contributed by atoms with van der Waals surface area (Å²) < 4.78 is 13.9. The maximum atomic E-state index is 13.9. The van der Waals surface area contributed by atoms with Gasteiger partial charge in [0, 0.05) is 32.7 Å². The van der Waals surface area contributed by atoms with Gasteiger partial charge in [-0.2, -0.15) is 0 Å². The van der Waals surface area contributed by atoms with Gasteiger partial charge in [0.1, 0.15) is 5.82 Å². The first kappa shape index (κ1) is 17.2. The summed E-state index contributed by atoms with van der Waals surface area (Å²) >= 11 is 0. The Morgan fingerprint density at radius 3 is 2.54 bits per heavy atom. The molecule has 1 atom stereocenters. The second-order valence-electron chi connectivity index (χ2n) is 7.29. The molecular formula is C18H27FN4O. The number of nitrogens with two attached hydrogens (primary N) is 1. The van der Waals surface area contributed by atoms with E-state index in [0.717, 1.165) is 19.5 Å². The van der Waals surface area contributed by atoms with Gasteiger partial charge in [-0.25, -0.2) is 4.39 Å². The number of amides is 1. The largest absolute Gasteiger partial charge is 0.366 e. The molecule has 0 aromatic heterocycles. The van der Waals surface area contributed by atoms with Gasteiger partial charge in [0.15, 0.2) is 0 Å². The number of rotatable bonds is 4. The fourth-order valence-corrected chi connectivity index (χ4v) is 3.62. The summed E-state index contributed by atoms with van der Waals surface area (Å²) in [6, 6.07) is 6.82. The molecule has 1 aromatic rings. The lowest BCUT2D eigenvalue weighted by Crippen LogP contribution is -2.51. The van der Waals surface area contributed by atoms with Crippen LogP contribution >= 0.6 is 0 Å². The molecule has 1 amide bonds. The monoisotopic (exact) mass is 334 g/mol. The van der Waals surface area contributed by atoms with E-state index in [0.29, 0.717) is 45.0 Å². The van der Waals surface area contributed by atoms with Crippen LogP contribution in [-0.2, 0) is 4.79 Å². The first-order chi connectivity index (χ1) is 11.5. The standard InChI is InChI=1S/C18H27FN4O/c1-18(13-20)6-7-21(14-18)12-17(24)23-10-8-22(9-11-23)16-5-3-2-4-15(16)19/h2-5H,6-14,20H2,1H3. The molecule has 0 bridgehead atoms. The number of piperazine rings is 1. The van der Waals surface area contributed by atoms with Gasteiger partial charge >= 0.3 is 0 Å². The van der Waals surface area contributed by atoms with E-state index in [-0.39, 0.29) is 17.1 Å². The third kappa shape index (κ3) is 3.70. The predicted octanol–water partition coefficient (Wildman–Crippen LogP) is 1.15. The Morgan fingerprint density at radius 1 is 1.21 bits per heavy atom. The van der Waals surface area contributed by atoms with E-state index < -0.39 is 0 Å². The molecular weight excluding hydrogens is 307 g/mol. The minimum Gasteiger partial charge on any atom is -0.366 e. The van der Waals surface area contributed by atoms with Gasteiger partial charge in [0.05, 0.1) is 12.2 Å².